The van der Waals surface area contributed by atoms with Gasteiger partial charge in [-0.15, -0.1) is 11.3 Å². The Hall–Kier alpha value is -0.980. The van der Waals surface area contributed by atoms with Gasteiger partial charge in [-0.2, -0.15) is 0 Å². The molecule has 1 amide bonds. The molecule has 1 atom stereocenters. The number of nitrogens with one attached hydrogen (secondary N) is 1. The molecular weight excluding hydrogens is 240 g/mol. The van der Waals surface area contributed by atoms with Crippen LogP contribution in [-0.2, 0) is 9.53 Å². The Balaban J connectivity index is 1.92. The summed E-state index contributed by atoms with van der Waals surface area (Å²) in [6.07, 6.45) is 0.931. The number of anilines is 1. The average molecular weight is 256 g/mol. The van der Waals surface area contributed by atoms with Crippen LogP contribution in [0.2, 0.25) is 0 Å². The lowest BCUT2D eigenvalue weighted by atomic mass is 10.00. The molecule has 5 nitrogen and oxygen atoms in total. The van der Waals surface area contributed by atoms with Crippen LogP contribution in [0.3, 0.4) is 0 Å². The highest BCUT2D eigenvalue weighted by atomic mass is 32.1. The van der Waals surface area contributed by atoms with Crippen LogP contribution in [0.4, 0.5) is 5.13 Å². The molecule has 1 aliphatic rings. The predicted octanol–water partition coefficient (Wildman–Crippen LogP) is 1.56. The lowest BCUT2D eigenvalue weighted by Gasteiger charge is -2.20. The fraction of sp³-hybridized carbons (Fsp3) is 0.636. The molecule has 2 heterocycles. The van der Waals surface area contributed by atoms with Crippen molar-refractivity contribution in [3.8, 4) is 0 Å². The summed E-state index contributed by atoms with van der Waals surface area (Å²) in [5.41, 5.74) is 0.595. The van der Waals surface area contributed by atoms with Crippen LogP contribution in [0.25, 0.3) is 0 Å². The number of rotatable bonds is 3. The lowest BCUT2D eigenvalue weighted by molar-refractivity contribution is -0.122. The van der Waals surface area contributed by atoms with Crippen LogP contribution < -0.4 is 5.32 Å². The molecule has 1 unspecified atom stereocenters. The van der Waals surface area contributed by atoms with Gasteiger partial charge in [0.25, 0.3) is 0 Å². The van der Waals surface area contributed by atoms with Gasteiger partial charge in [0, 0.05) is 24.5 Å². The zero-order valence-electron chi connectivity index (χ0n) is 9.68. The molecule has 94 valence electrons. The number of carbonyl (C=O) groups is 1. The Morgan fingerprint density at radius 3 is 2.94 bits per heavy atom. The van der Waals surface area contributed by atoms with E-state index in [1.54, 1.807) is 12.3 Å². The Labute approximate surface area is 104 Å². The van der Waals surface area contributed by atoms with E-state index < -0.39 is 6.10 Å². The Bertz CT molecular complexity index is 386. The van der Waals surface area contributed by atoms with Gasteiger partial charge in [0.1, 0.15) is 0 Å². The van der Waals surface area contributed by atoms with Gasteiger partial charge in [0.15, 0.2) is 5.13 Å². The molecule has 1 aromatic rings. The number of ether oxygens (including phenoxy) is 1. The maximum atomic E-state index is 11.9. The lowest BCUT2D eigenvalue weighted by Crippen LogP contribution is -2.28. The first-order chi connectivity index (χ1) is 8.16. The summed E-state index contributed by atoms with van der Waals surface area (Å²) in [6.45, 7) is 2.95. The molecule has 2 N–H and O–H groups in total. The van der Waals surface area contributed by atoms with E-state index in [1.165, 1.54) is 11.3 Å². The molecule has 1 aromatic heterocycles. The molecule has 0 aromatic carbocycles. The van der Waals surface area contributed by atoms with Gasteiger partial charge in [-0.05, 0) is 19.8 Å². The summed E-state index contributed by atoms with van der Waals surface area (Å²) < 4.78 is 5.21. The van der Waals surface area contributed by atoms with Crippen molar-refractivity contribution in [3.63, 3.8) is 0 Å². The van der Waals surface area contributed by atoms with Crippen molar-refractivity contribution in [1.82, 2.24) is 4.98 Å². The largest absolute Gasteiger partial charge is 0.387 e. The van der Waals surface area contributed by atoms with Crippen molar-refractivity contribution >= 4 is 22.4 Å². The second-order valence-corrected chi connectivity index (χ2v) is 4.99. The highest BCUT2D eigenvalue weighted by Gasteiger charge is 2.22. The minimum Gasteiger partial charge on any atom is -0.387 e. The number of amides is 1. The second kappa shape index (κ2) is 5.57. The van der Waals surface area contributed by atoms with E-state index in [0.29, 0.717) is 24.0 Å². The zero-order chi connectivity index (χ0) is 12.3. The number of hydrogen-bond acceptors (Lipinski definition) is 5. The van der Waals surface area contributed by atoms with E-state index >= 15 is 0 Å². The van der Waals surface area contributed by atoms with E-state index in [2.05, 4.69) is 10.3 Å². The summed E-state index contributed by atoms with van der Waals surface area (Å²) in [5.74, 6) is 0.0162. The molecule has 0 aliphatic carbocycles. The van der Waals surface area contributed by atoms with Crippen molar-refractivity contribution in [3.05, 3.63) is 11.1 Å². The number of aliphatic hydroxyl groups is 1. The first-order valence-corrected chi connectivity index (χ1v) is 6.57. The van der Waals surface area contributed by atoms with Crippen LogP contribution in [-0.4, -0.2) is 29.2 Å². The van der Waals surface area contributed by atoms with Crippen molar-refractivity contribution in [2.75, 3.05) is 18.5 Å². The summed E-state index contributed by atoms with van der Waals surface area (Å²) in [7, 11) is 0. The smallest absolute Gasteiger partial charge is 0.229 e. The summed E-state index contributed by atoms with van der Waals surface area (Å²) in [5, 5.41) is 14.4. The van der Waals surface area contributed by atoms with Crippen LogP contribution in [0, 0.1) is 5.92 Å². The molecule has 1 fully saturated rings. The molecule has 0 spiro atoms. The minimum absolute atomic E-state index is 0.000192. The summed E-state index contributed by atoms with van der Waals surface area (Å²) in [6, 6.07) is 0. The Morgan fingerprint density at radius 1 is 1.65 bits per heavy atom. The van der Waals surface area contributed by atoms with Gasteiger partial charge in [-0.3, -0.25) is 4.79 Å². The van der Waals surface area contributed by atoms with Crippen molar-refractivity contribution in [2.45, 2.75) is 25.9 Å². The maximum absolute atomic E-state index is 11.9. The molecular formula is C11H16N2O3S. The average Bonchev–Trinajstić information content (AvgIpc) is 2.79. The Kier molecular flexibility index (Phi) is 4.09. The third kappa shape index (κ3) is 3.24. The third-order valence-electron chi connectivity index (χ3n) is 2.77. The monoisotopic (exact) mass is 256 g/mol. The van der Waals surface area contributed by atoms with E-state index in [4.69, 9.17) is 4.74 Å². The quantitative estimate of drug-likeness (QED) is 0.861. The predicted molar refractivity (Wildman–Crippen MR) is 64.9 cm³/mol. The molecule has 6 heteroatoms. The molecule has 0 bridgehead atoms. The van der Waals surface area contributed by atoms with Gasteiger partial charge in [-0.1, -0.05) is 0 Å². The molecule has 0 radical (unpaired) electrons. The van der Waals surface area contributed by atoms with Crippen molar-refractivity contribution < 1.29 is 14.6 Å². The second-order valence-electron chi connectivity index (χ2n) is 4.13. The number of hydrogen-bond donors (Lipinski definition) is 2. The first kappa shape index (κ1) is 12.5. The molecule has 0 saturated carbocycles. The first-order valence-electron chi connectivity index (χ1n) is 5.69. The van der Waals surface area contributed by atoms with E-state index in [-0.39, 0.29) is 11.8 Å². The maximum Gasteiger partial charge on any atom is 0.229 e. The van der Waals surface area contributed by atoms with Gasteiger partial charge in [0.2, 0.25) is 5.91 Å². The van der Waals surface area contributed by atoms with Crippen LogP contribution >= 0.6 is 11.3 Å². The third-order valence-corrected chi connectivity index (χ3v) is 3.55. The standard InChI is InChI=1S/C11H16N2O3S/c1-7(14)9-6-17-11(12-9)13-10(15)8-2-4-16-5-3-8/h6-8,14H,2-5H2,1H3,(H,12,13,15). The highest BCUT2D eigenvalue weighted by Crippen LogP contribution is 2.22. The van der Waals surface area contributed by atoms with Crippen LogP contribution in [0.15, 0.2) is 5.38 Å². The van der Waals surface area contributed by atoms with Gasteiger partial charge >= 0.3 is 0 Å². The Morgan fingerprint density at radius 2 is 2.35 bits per heavy atom. The van der Waals surface area contributed by atoms with Crippen molar-refractivity contribution in [1.29, 1.82) is 0 Å². The molecule has 2 rings (SSSR count). The minimum atomic E-state index is -0.597. The number of thiazole rings is 1. The number of carbonyl (C=O) groups excluding carboxylic acids is 1. The van der Waals surface area contributed by atoms with E-state index in [1.807, 2.05) is 0 Å². The van der Waals surface area contributed by atoms with Crippen LogP contribution in [0.5, 0.6) is 0 Å². The molecule has 1 saturated heterocycles. The molecule has 17 heavy (non-hydrogen) atoms. The SMILES string of the molecule is CC(O)c1csc(NC(=O)C2CCOCC2)n1. The number of nitrogens with zero attached hydrogens (tertiary/aromatic N) is 1. The topological polar surface area (TPSA) is 71.5 Å². The summed E-state index contributed by atoms with van der Waals surface area (Å²) in [4.78, 5) is 16.0. The summed E-state index contributed by atoms with van der Waals surface area (Å²) >= 11 is 1.34. The van der Waals surface area contributed by atoms with Crippen LogP contribution in [0.1, 0.15) is 31.6 Å². The van der Waals surface area contributed by atoms with E-state index in [0.717, 1.165) is 12.8 Å². The van der Waals surface area contributed by atoms with Gasteiger partial charge < -0.3 is 15.2 Å². The van der Waals surface area contributed by atoms with Crippen molar-refractivity contribution in [2.24, 2.45) is 5.92 Å². The fourth-order valence-corrected chi connectivity index (χ4v) is 2.50. The number of aliphatic hydroxyl groups excluding tert-OH is 1. The zero-order valence-corrected chi connectivity index (χ0v) is 10.5. The number of aromatic nitrogens is 1. The highest BCUT2D eigenvalue weighted by molar-refractivity contribution is 7.13. The van der Waals surface area contributed by atoms with E-state index in [9.17, 15) is 9.90 Å². The normalized spacial score (nSPS) is 18.9. The van der Waals surface area contributed by atoms with Gasteiger partial charge in [-0.25, -0.2) is 4.98 Å². The molecule has 1 aliphatic heterocycles. The fourth-order valence-electron chi connectivity index (χ4n) is 1.70. The van der Waals surface area contributed by atoms with Gasteiger partial charge in [0.05, 0.1) is 11.8 Å².